The third kappa shape index (κ3) is 3.40. The minimum Gasteiger partial charge on any atom is -0.432 e. The lowest BCUT2D eigenvalue weighted by molar-refractivity contribution is -0.386. The molecule has 0 aliphatic carbocycles. The molecule has 0 atom stereocenters. The second-order valence-corrected chi connectivity index (χ2v) is 5.29. The van der Waals surface area contributed by atoms with Crippen molar-refractivity contribution in [2.45, 2.75) is 6.92 Å². The minimum absolute atomic E-state index is 0.166. The highest BCUT2D eigenvalue weighted by atomic mass is 79.9. The number of ether oxygens (including phenoxy) is 1. The Labute approximate surface area is 133 Å². The Morgan fingerprint density at radius 3 is 2.71 bits per heavy atom. The van der Waals surface area contributed by atoms with Crippen LogP contribution in [0.3, 0.4) is 0 Å². The van der Waals surface area contributed by atoms with Crippen LogP contribution in [0.15, 0.2) is 22.7 Å². The highest BCUT2D eigenvalue weighted by Gasteiger charge is 2.24. The molecule has 0 aliphatic heterocycles. The lowest BCUT2D eigenvalue weighted by atomic mass is 10.3. The van der Waals surface area contributed by atoms with Crippen molar-refractivity contribution >= 4 is 39.2 Å². The highest BCUT2D eigenvalue weighted by Crippen LogP contribution is 2.36. The molecular formula is C12H10BrClN4O3. The SMILES string of the molecule is CNc1nc(C)c([N+](=O)[O-])c(Oc2ccc(Br)cc2Cl)n1. The van der Waals surface area contributed by atoms with Gasteiger partial charge in [-0.2, -0.15) is 4.98 Å². The van der Waals surface area contributed by atoms with Crippen molar-refractivity contribution in [3.8, 4) is 11.6 Å². The highest BCUT2D eigenvalue weighted by molar-refractivity contribution is 9.10. The molecule has 0 spiro atoms. The van der Waals surface area contributed by atoms with Gasteiger partial charge in [0, 0.05) is 11.5 Å². The maximum absolute atomic E-state index is 11.2. The summed E-state index contributed by atoms with van der Waals surface area (Å²) in [7, 11) is 1.61. The van der Waals surface area contributed by atoms with Crippen LogP contribution < -0.4 is 10.1 Å². The number of benzene rings is 1. The van der Waals surface area contributed by atoms with Crippen molar-refractivity contribution in [1.82, 2.24) is 9.97 Å². The maximum Gasteiger partial charge on any atom is 0.352 e. The molecule has 1 aromatic heterocycles. The second kappa shape index (κ2) is 6.23. The van der Waals surface area contributed by atoms with Crippen molar-refractivity contribution < 1.29 is 9.66 Å². The van der Waals surface area contributed by atoms with Crippen molar-refractivity contribution in [3.05, 3.63) is 43.5 Å². The number of halogens is 2. The molecule has 0 radical (unpaired) electrons. The van der Waals surface area contributed by atoms with Crippen LogP contribution in [0.1, 0.15) is 5.69 Å². The van der Waals surface area contributed by atoms with Crippen LogP contribution in [-0.4, -0.2) is 21.9 Å². The number of nitrogens with one attached hydrogen (secondary N) is 1. The number of hydrogen-bond acceptors (Lipinski definition) is 6. The zero-order valence-electron chi connectivity index (χ0n) is 11.1. The van der Waals surface area contributed by atoms with Crippen LogP contribution in [0.5, 0.6) is 11.6 Å². The Balaban J connectivity index is 2.51. The molecule has 0 unspecified atom stereocenters. The molecule has 0 saturated carbocycles. The molecule has 1 heterocycles. The standard InChI is InChI=1S/C12H10BrClN4O3/c1-6-10(18(19)20)11(17-12(15-2)16-6)21-9-4-3-7(13)5-8(9)14/h3-5H,1-2H3,(H,15,16,17). The monoisotopic (exact) mass is 372 g/mol. The minimum atomic E-state index is -0.586. The quantitative estimate of drug-likeness (QED) is 0.645. The van der Waals surface area contributed by atoms with Crippen LogP contribution in [0.25, 0.3) is 0 Å². The predicted octanol–water partition coefficient (Wildman–Crippen LogP) is 3.94. The van der Waals surface area contributed by atoms with Gasteiger partial charge in [-0.1, -0.05) is 27.5 Å². The summed E-state index contributed by atoms with van der Waals surface area (Å²) in [5, 5.41) is 14.2. The molecule has 2 aromatic rings. The molecule has 21 heavy (non-hydrogen) atoms. The van der Waals surface area contributed by atoms with Crippen LogP contribution in [0, 0.1) is 17.0 Å². The summed E-state index contributed by atoms with van der Waals surface area (Å²) in [5.74, 6) is 0.325. The molecular weight excluding hydrogens is 364 g/mol. The molecule has 7 nitrogen and oxygen atoms in total. The number of nitro groups is 1. The van der Waals surface area contributed by atoms with E-state index in [-0.39, 0.29) is 29.0 Å². The van der Waals surface area contributed by atoms with Crippen molar-refractivity contribution in [2.75, 3.05) is 12.4 Å². The van der Waals surface area contributed by atoms with Gasteiger partial charge in [-0.05, 0) is 25.1 Å². The van der Waals surface area contributed by atoms with Crippen LogP contribution in [-0.2, 0) is 0 Å². The van der Waals surface area contributed by atoms with Crippen LogP contribution >= 0.6 is 27.5 Å². The maximum atomic E-state index is 11.2. The van der Waals surface area contributed by atoms with Gasteiger partial charge in [-0.15, -0.1) is 0 Å². The molecule has 9 heteroatoms. The number of aryl methyl sites for hydroxylation is 1. The van der Waals surface area contributed by atoms with E-state index < -0.39 is 4.92 Å². The van der Waals surface area contributed by atoms with E-state index in [9.17, 15) is 10.1 Å². The van der Waals surface area contributed by atoms with Crippen molar-refractivity contribution in [2.24, 2.45) is 0 Å². The topological polar surface area (TPSA) is 90.2 Å². The molecule has 1 aromatic carbocycles. The number of anilines is 1. The predicted molar refractivity (Wildman–Crippen MR) is 82.2 cm³/mol. The molecule has 0 fully saturated rings. The normalized spacial score (nSPS) is 10.3. The Hall–Kier alpha value is -1.93. The number of aromatic nitrogens is 2. The summed E-state index contributed by atoms with van der Waals surface area (Å²) in [5.41, 5.74) is -0.101. The van der Waals surface area contributed by atoms with Gasteiger partial charge in [-0.25, -0.2) is 4.98 Å². The summed E-state index contributed by atoms with van der Waals surface area (Å²) in [6, 6.07) is 4.92. The third-order valence-corrected chi connectivity index (χ3v) is 3.32. The molecule has 0 bridgehead atoms. The zero-order chi connectivity index (χ0) is 15.6. The summed E-state index contributed by atoms with van der Waals surface area (Å²) < 4.78 is 6.26. The van der Waals surface area contributed by atoms with Gasteiger partial charge in [0.05, 0.1) is 9.95 Å². The van der Waals surface area contributed by atoms with E-state index >= 15 is 0 Å². The van der Waals surface area contributed by atoms with Crippen molar-refractivity contribution in [3.63, 3.8) is 0 Å². The first-order chi connectivity index (χ1) is 9.92. The van der Waals surface area contributed by atoms with Gasteiger partial charge in [0.1, 0.15) is 11.4 Å². The lowest BCUT2D eigenvalue weighted by Gasteiger charge is -2.09. The number of rotatable bonds is 4. The fourth-order valence-electron chi connectivity index (χ4n) is 1.60. The van der Waals surface area contributed by atoms with Crippen molar-refractivity contribution in [1.29, 1.82) is 0 Å². The molecule has 110 valence electrons. The van der Waals surface area contributed by atoms with E-state index in [2.05, 4.69) is 31.2 Å². The zero-order valence-corrected chi connectivity index (χ0v) is 13.4. The molecule has 1 N–H and O–H groups in total. The van der Waals surface area contributed by atoms with Gasteiger partial charge < -0.3 is 10.1 Å². The first-order valence-electron chi connectivity index (χ1n) is 5.76. The molecule has 0 saturated heterocycles. The molecule has 0 amide bonds. The van der Waals surface area contributed by atoms with E-state index in [4.69, 9.17) is 16.3 Å². The average molecular weight is 374 g/mol. The molecule has 0 aliphatic rings. The fraction of sp³-hybridized carbons (Fsp3) is 0.167. The number of nitrogens with zero attached hydrogens (tertiary/aromatic N) is 3. The lowest BCUT2D eigenvalue weighted by Crippen LogP contribution is -2.05. The summed E-state index contributed by atoms with van der Waals surface area (Å²) >= 11 is 9.31. The van der Waals surface area contributed by atoms with E-state index in [1.165, 1.54) is 6.92 Å². The third-order valence-electron chi connectivity index (χ3n) is 2.53. The molecule has 2 rings (SSSR count). The van der Waals surface area contributed by atoms with E-state index in [0.717, 1.165) is 4.47 Å². The first-order valence-corrected chi connectivity index (χ1v) is 6.93. The average Bonchev–Trinajstić information content (AvgIpc) is 2.40. The van der Waals surface area contributed by atoms with Gasteiger partial charge in [-0.3, -0.25) is 10.1 Å². The first kappa shape index (κ1) is 15.5. The van der Waals surface area contributed by atoms with E-state index in [1.54, 1.807) is 25.2 Å². The largest absolute Gasteiger partial charge is 0.432 e. The Morgan fingerprint density at radius 1 is 1.43 bits per heavy atom. The second-order valence-electron chi connectivity index (χ2n) is 3.97. The van der Waals surface area contributed by atoms with E-state index in [0.29, 0.717) is 5.02 Å². The number of hydrogen-bond donors (Lipinski definition) is 1. The summed E-state index contributed by atoms with van der Waals surface area (Å²) in [6.07, 6.45) is 0. The summed E-state index contributed by atoms with van der Waals surface area (Å²) in [6.45, 7) is 1.51. The Kier molecular flexibility index (Phi) is 4.59. The Bertz CT molecular complexity index is 711. The smallest absolute Gasteiger partial charge is 0.352 e. The van der Waals surface area contributed by atoms with Crippen LogP contribution in [0.4, 0.5) is 11.6 Å². The van der Waals surface area contributed by atoms with E-state index in [1.807, 2.05) is 0 Å². The van der Waals surface area contributed by atoms with Gasteiger partial charge in [0.2, 0.25) is 5.95 Å². The van der Waals surface area contributed by atoms with Gasteiger partial charge in [0.15, 0.2) is 0 Å². The summed E-state index contributed by atoms with van der Waals surface area (Å²) in [4.78, 5) is 18.5. The van der Waals surface area contributed by atoms with Gasteiger partial charge >= 0.3 is 11.6 Å². The Morgan fingerprint density at radius 2 is 2.14 bits per heavy atom. The van der Waals surface area contributed by atoms with Gasteiger partial charge in [0.25, 0.3) is 0 Å². The fourth-order valence-corrected chi connectivity index (χ4v) is 2.31. The van der Waals surface area contributed by atoms with Crippen LogP contribution in [0.2, 0.25) is 5.02 Å².